The Morgan fingerprint density at radius 3 is 2.37 bits per heavy atom. The summed E-state index contributed by atoms with van der Waals surface area (Å²) >= 11 is 0. The maximum atomic E-state index is 13.4. The summed E-state index contributed by atoms with van der Waals surface area (Å²) in [5.41, 5.74) is 1.17. The molecule has 2 aromatic heterocycles. The zero-order valence-corrected chi connectivity index (χ0v) is 21.3. The first-order valence-electron chi connectivity index (χ1n) is 11.8. The van der Waals surface area contributed by atoms with E-state index in [2.05, 4.69) is 20.3 Å². The van der Waals surface area contributed by atoms with Crippen molar-refractivity contribution < 1.29 is 30.8 Å². The molecule has 38 heavy (non-hydrogen) atoms. The van der Waals surface area contributed by atoms with Crippen molar-refractivity contribution in [3.63, 3.8) is 0 Å². The minimum absolute atomic E-state index is 0.0198. The fraction of sp³-hybridized carbons (Fsp3) is 0.360. The fourth-order valence-corrected chi connectivity index (χ4v) is 6.11. The minimum atomic E-state index is -4.66. The lowest BCUT2D eigenvalue weighted by atomic mass is 9.88. The van der Waals surface area contributed by atoms with Crippen LogP contribution in [0.25, 0.3) is 11.3 Å². The van der Waals surface area contributed by atoms with Gasteiger partial charge in [-0.1, -0.05) is 13.8 Å². The van der Waals surface area contributed by atoms with Gasteiger partial charge < -0.3 is 5.32 Å². The van der Waals surface area contributed by atoms with E-state index in [4.69, 9.17) is 0 Å². The van der Waals surface area contributed by atoms with Gasteiger partial charge in [0.1, 0.15) is 11.9 Å². The van der Waals surface area contributed by atoms with Gasteiger partial charge in [0.2, 0.25) is 21.8 Å². The summed E-state index contributed by atoms with van der Waals surface area (Å²) in [5, 5.41) is 2.78. The Kier molecular flexibility index (Phi) is 7.79. The smallest absolute Gasteiger partial charge is 0.351 e. The molecule has 0 unspecified atom stereocenters. The molecule has 13 heteroatoms. The van der Waals surface area contributed by atoms with Crippen LogP contribution in [0.1, 0.15) is 31.7 Å². The molecule has 3 heterocycles. The molecule has 8 nitrogen and oxygen atoms in total. The van der Waals surface area contributed by atoms with Crippen molar-refractivity contribution in [3.8, 4) is 11.3 Å². The number of carbonyl (C=O) groups is 1. The van der Waals surface area contributed by atoms with E-state index < -0.39 is 39.8 Å². The van der Waals surface area contributed by atoms with Crippen LogP contribution < -0.4 is 5.32 Å². The SMILES string of the molecule is CC(C)[C@H]1CCN(S(=O)(=O)c2ccc(F)cc2)[C@@H]1C(=O)NCc1ccnc(-c2cnc(C(F)(F)F)nc2)c1. The molecule has 1 N–H and O–H groups in total. The van der Waals surface area contributed by atoms with Crippen LogP contribution in [-0.2, 0) is 27.5 Å². The number of hydrogen-bond acceptors (Lipinski definition) is 6. The van der Waals surface area contributed by atoms with Gasteiger partial charge in [0.15, 0.2) is 0 Å². The Labute approximate surface area is 217 Å². The van der Waals surface area contributed by atoms with E-state index in [1.54, 1.807) is 12.1 Å². The van der Waals surface area contributed by atoms with Crippen LogP contribution in [0.5, 0.6) is 0 Å². The molecular formula is C25H25F4N5O3S. The summed E-state index contributed by atoms with van der Waals surface area (Å²) in [6, 6.07) is 6.69. The van der Waals surface area contributed by atoms with E-state index in [1.165, 1.54) is 18.3 Å². The largest absolute Gasteiger partial charge is 0.451 e. The number of nitrogens with one attached hydrogen (secondary N) is 1. The number of carbonyl (C=O) groups excluding carboxylic acids is 1. The van der Waals surface area contributed by atoms with Crippen molar-refractivity contribution in [1.82, 2.24) is 24.6 Å². The van der Waals surface area contributed by atoms with E-state index in [9.17, 15) is 30.8 Å². The Balaban J connectivity index is 1.52. The van der Waals surface area contributed by atoms with E-state index in [-0.39, 0.29) is 35.4 Å². The molecule has 1 aliphatic rings. The molecule has 0 spiro atoms. The van der Waals surface area contributed by atoms with Crippen LogP contribution in [0.3, 0.4) is 0 Å². The monoisotopic (exact) mass is 551 g/mol. The lowest BCUT2D eigenvalue weighted by Gasteiger charge is -2.28. The van der Waals surface area contributed by atoms with Crippen molar-refractivity contribution in [2.45, 2.75) is 43.9 Å². The highest BCUT2D eigenvalue weighted by atomic mass is 32.2. The molecule has 4 rings (SSSR count). The van der Waals surface area contributed by atoms with Crippen molar-refractivity contribution in [2.75, 3.05) is 6.54 Å². The van der Waals surface area contributed by atoms with Gasteiger partial charge >= 0.3 is 6.18 Å². The van der Waals surface area contributed by atoms with Gasteiger partial charge in [-0.15, -0.1) is 0 Å². The molecule has 0 aliphatic carbocycles. The normalized spacial score (nSPS) is 18.6. The first kappa shape index (κ1) is 27.6. The van der Waals surface area contributed by atoms with Crippen LogP contribution in [0.2, 0.25) is 0 Å². The lowest BCUT2D eigenvalue weighted by molar-refractivity contribution is -0.145. The predicted molar refractivity (Wildman–Crippen MR) is 129 cm³/mol. The van der Waals surface area contributed by atoms with E-state index >= 15 is 0 Å². The van der Waals surface area contributed by atoms with Gasteiger partial charge in [-0.3, -0.25) is 9.78 Å². The average molecular weight is 552 g/mol. The first-order chi connectivity index (χ1) is 17.9. The van der Waals surface area contributed by atoms with Gasteiger partial charge in [-0.25, -0.2) is 22.8 Å². The maximum Gasteiger partial charge on any atom is 0.451 e. The molecule has 1 fully saturated rings. The standard InChI is InChI=1S/C25H25F4N5O3S/c1-15(2)20-8-10-34(38(36,37)19-5-3-18(26)4-6-19)22(20)23(35)31-12-16-7-9-30-21(11-16)17-13-32-24(33-14-17)25(27,28)29/h3-7,9,11,13-15,20,22H,8,10,12H2,1-2H3,(H,31,35)/t20-,22+/m1/s1. The number of halogens is 4. The lowest BCUT2D eigenvalue weighted by Crippen LogP contribution is -2.49. The van der Waals surface area contributed by atoms with Crippen molar-refractivity contribution in [3.05, 3.63) is 72.2 Å². The molecule has 3 aromatic rings. The molecule has 2 atom stereocenters. The third-order valence-electron chi connectivity index (χ3n) is 6.44. The van der Waals surface area contributed by atoms with Gasteiger partial charge in [0, 0.05) is 37.2 Å². The predicted octanol–water partition coefficient (Wildman–Crippen LogP) is 4.05. The number of alkyl halides is 3. The van der Waals surface area contributed by atoms with Crippen LogP contribution in [-0.4, -0.2) is 46.2 Å². The number of rotatable bonds is 7. The second-order valence-corrected chi connectivity index (χ2v) is 11.2. The van der Waals surface area contributed by atoms with Crippen molar-refractivity contribution in [1.29, 1.82) is 0 Å². The summed E-state index contributed by atoms with van der Waals surface area (Å²) < 4.78 is 79.4. The van der Waals surface area contributed by atoms with Crippen molar-refractivity contribution in [2.24, 2.45) is 11.8 Å². The third-order valence-corrected chi connectivity index (χ3v) is 8.33. The maximum absolute atomic E-state index is 13.4. The van der Waals surface area contributed by atoms with Gasteiger partial charge in [-0.2, -0.15) is 17.5 Å². The third kappa shape index (κ3) is 5.83. The quantitative estimate of drug-likeness (QED) is 0.445. The summed E-state index contributed by atoms with van der Waals surface area (Å²) in [6.07, 6.45) is -0.699. The van der Waals surface area contributed by atoms with Crippen LogP contribution in [0, 0.1) is 17.7 Å². The Hall–Kier alpha value is -3.45. The van der Waals surface area contributed by atoms with E-state index in [1.807, 2.05) is 13.8 Å². The highest BCUT2D eigenvalue weighted by molar-refractivity contribution is 7.89. The minimum Gasteiger partial charge on any atom is -0.351 e. The second kappa shape index (κ2) is 10.7. The fourth-order valence-electron chi connectivity index (χ4n) is 4.46. The Bertz CT molecular complexity index is 1400. The zero-order chi connectivity index (χ0) is 27.7. The van der Waals surface area contributed by atoms with E-state index in [0.29, 0.717) is 17.7 Å². The highest BCUT2D eigenvalue weighted by Gasteiger charge is 2.46. The number of aromatic nitrogens is 3. The summed E-state index contributed by atoms with van der Waals surface area (Å²) in [5.74, 6) is -2.53. The van der Waals surface area contributed by atoms with Crippen molar-refractivity contribution >= 4 is 15.9 Å². The highest BCUT2D eigenvalue weighted by Crippen LogP contribution is 2.35. The number of hydrogen-bond donors (Lipinski definition) is 1. The summed E-state index contributed by atoms with van der Waals surface area (Å²) in [6.45, 7) is 4.01. The van der Waals surface area contributed by atoms with Gasteiger partial charge in [0.05, 0.1) is 10.6 Å². The number of amides is 1. The Morgan fingerprint density at radius 1 is 1.11 bits per heavy atom. The molecule has 202 valence electrons. The molecule has 0 bridgehead atoms. The number of benzene rings is 1. The van der Waals surface area contributed by atoms with Gasteiger partial charge in [-0.05, 0) is 60.2 Å². The molecule has 1 saturated heterocycles. The second-order valence-electron chi connectivity index (χ2n) is 9.27. The van der Waals surface area contributed by atoms with Crippen LogP contribution in [0.4, 0.5) is 17.6 Å². The molecule has 0 saturated carbocycles. The van der Waals surface area contributed by atoms with Crippen LogP contribution >= 0.6 is 0 Å². The Morgan fingerprint density at radius 2 is 1.76 bits per heavy atom. The van der Waals surface area contributed by atoms with E-state index in [0.717, 1.165) is 28.8 Å². The number of pyridine rings is 1. The number of sulfonamides is 1. The van der Waals surface area contributed by atoms with Gasteiger partial charge in [0.25, 0.3) is 0 Å². The molecule has 1 aromatic carbocycles. The molecular weight excluding hydrogens is 526 g/mol. The number of nitrogens with zero attached hydrogens (tertiary/aromatic N) is 4. The zero-order valence-electron chi connectivity index (χ0n) is 20.5. The molecule has 0 radical (unpaired) electrons. The topological polar surface area (TPSA) is 105 Å². The summed E-state index contributed by atoms with van der Waals surface area (Å²) in [4.78, 5) is 24.1. The molecule has 1 aliphatic heterocycles. The van der Waals surface area contributed by atoms with Crippen LogP contribution in [0.15, 0.2) is 59.9 Å². The molecule has 1 amide bonds. The summed E-state index contributed by atoms with van der Waals surface area (Å²) in [7, 11) is -4.05. The first-order valence-corrected chi connectivity index (χ1v) is 13.2. The average Bonchev–Trinajstić information content (AvgIpc) is 3.34.